The molecule has 0 saturated heterocycles. The fraction of sp³-hybridized carbons (Fsp3) is 0.625. The summed E-state index contributed by atoms with van der Waals surface area (Å²) in [5, 5.41) is 5.89. The molecule has 126 valence electrons. The van der Waals surface area contributed by atoms with Crippen molar-refractivity contribution in [1.82, 2.24) is 10.6 Å². The Hall–Kier alpha value is -1.27. The number of rotatable bonds is 3. The average Bonchev–Trinajstić information content (AvgIpc) is 2.50. The largest absolute Gasteiger partial charge is 0.387 e. The highest BCUT2D eigenvalue weighted by Crippen LogP contribution is 2.34. The molecule has 0 fully saturated rings. The van der Waals surface area contributed by atoms with Crippen LogP contribution in [-0.4, -0.2) is 31.8 Å². The SMILES string of the molecule is C1=CCCCC1.CNC1=CC(C)C(C)(S(=O)(=O)O)C=C1NC. The van der Waals surface area contributed by atoms with Crippen molar-refractivity contribution in [3.8, 4) is 0 Å². The molecule has 0 aromatic rings. The Labute approximate surface area is 134 Å². The first-order valence-electron chi connectivity index (χ1n) is 7.69. The monoisotopic (exact) mass is 328 g/mol. The van der Waals surface area contributed by atoms with Gasteiger partial charge in [-0.1, -0.05) is 25.2 Å². The normalized spacial score (nSPS) is 28.0. The standard InChI is InChI=1S/C10H18N2O3S.C6H10/c1-7-5-8(11-3)9(12-4)6-10(7,2)16(13,14)15;1-2-4-6-5-3-1/h5-7,11-12H,1-4H3,(H,13,14,15);1-2H,3-6H2. The lowest BCUT2D eigenvalue weighted by atomic mass is 9.88. The van der Waals surface area contributed by atoms with Crippen molar-refractivity contribution in [2.24, 2.45) is 5.92 Å². The van der Waals surface area contributed by atoms with Crippen LogP contribution in [0.1, 0.15) is 39.5 Å². The molecule has 5 nitrogen and oxygen atoms in total. The lowest BCUT2D eigenvalue weighted by Gasteiger charge is -2.33. The molecule has 0 amide bonds. The van der Waals surface area contributed by atoms with Gasteiger partial charge in [0.05, 0.1) is 11.4 Å². The van der Waals surface area contributed by atoms with Crippen LogP contribution in [0, 0.1) is 5.92 Å². The van der Waals surface area contributed by atoms with E-state index in [2.05, 4.69) is 22.8 Å². The van der Waals surface area contributed by atoms with Crippen LogP contribution in [-0.2, 0) is 10.1 Å². The minimum Gasteiger partial charge on any atom is -0.387 e. The maximum absolute atomic E-state index is 11.4. The molecule has 2 rings (SSSR count). The molecular formula is C16H28N2O3S. The zero-order valence-electron chi connectivity index (χ0n) is 13.9. The molecule has 0 aromatic carbocycles. The van der Waals surface area contributed by atoms with Crippen molar-refractivity contribution in [2.45, 2.75) is 44.3 Å². The van der Waals surface area contributed by atoms with E-state index in [-0.39, 0.29) is 5.92 Å². The van der Waals surface area contributed by atoms with Gasteiger partial charge in [0.2, 0.25) is 0 Å². The van der Waals surface area contributed by atoms with E-state index in [4.69, 9.17) is 0 Å². The second kappa shape index (κ2) is 7.83. The van der Waals surface area contributed by atoms with E-state index < -0.39 is 14.9 Å². The molecule has 2 aliphatic carbocycles. The van der Waals surface area contributed by atoms with E-state index in [1.54, 1.807) is 33.2 Å². The van der Waals surface area contributed by atoms with Gasteiger partial charge in [0, 0.05) is 20.0 Å². The smallest absolute Gasteiger partial charge is 0.274 e. The Morgan fingerprint density at radius 1 is 1.14 bits per heavy atom. The van der Waals surface area contributed by atoms with Crippen LogP contribution in [0.5, 0.6) is 0 Å². The highest BCUT2D eigenvalue weighted by molar-refractivity contribution is 7.87. The quantitative estimate of drug-likeness (QED) is 0.548. The van der Waals surface area contributed by atoms with E-state index in [1.165, 1.54) is 32.6 Å². The Morgan fingerprint density at radius 3 is 1.95 bits per heavy atom. The molecule has 0 aliphatic heterocycles. The zero-order chi connectivity index (χ0) is 16.8. The van der Waals surface area contributed by atoms with Gasteiger partial charge in [0.1, 0.15) is 4.75 Å². The van der Waals surface area contributed by atoms with Gasteiger partial charge >= 0.3 is 0 Å². The molecule has 2 aliphatic rings. The minimum absolute atomic E-state index is 0.304. The second-order valence-corrected chi connectivity index (χ2v) is 7.67. The van der Waals surface area contributed by atoms with Gasteiger partial charge in [-0.25, -0.2) is 0 Å². The van der Waals surface area contributed by atoms with Crippen molar-refractivity contribution in [3.05, 3.63) is 35.7 Å². The van der Waals surface area contributed by atoms with Gasteiger partial charge in [-0.3, -0.25) is 4.55 Å². The summed E-state index contributed by atoms with van der Waals surface area (Å²) in [6.45, 7) is 3.27. The fourth-order valence-electron chi connectivity index (χ4n) is 2.50. The second-order valence-electron chi connectivity index (χ2n) is 5.84. The third-order valence-corrected chi connectivity index (χ3v) is 5.90. The van der Waals surface area contributed by atoms with Crippen LogP contribution < -0.4 is 10.6 Å². The van der Waals surface area contributed by atoms with Crippen LogP contribution in [0.2, 0.25) is 0 Å². The van der Waals surface area contributed by atoms with Crippen LogP contribution >= 0.6 is 0 Å². The van der Waals surface area contributed by atoms with Gasteiger partial charge in [-0.2, -0.15) is 8.42 Å². The first-order valence-corrected chi connectivity index (χ1v) is 9.13. The maximum Gasteiger partial charge on any atom is 0.274 e. The molecule has 2 unspecified atom stereocenters. The topological polar surface area (TPSA) is 78.4 Å². The minimum atomic E-state index is -4.14. The van der Waals surface area contributed by atoms with E-state index in [0.717, 1.165) is 5.70 Å². The Bertz CT molecular complexity index is 556. The highest BCUT2D eigenvalue weighted by Gasteiger charge is 2.43. The molecule has 6 heteroatoms. The molecule has 22 heavy (non-hydrogen) atoms. The van der Waals surface area contributed by atoms with Gasteiger partial charge in [-0.15, -0.1) is 0 Å². The lowest BCUT2D eigenvalue weighted by Crippen LogP contribution is -2.43. The average molecular weight is 328 g/mol. The van der Waals surface area contributed by atoms with Crippen molar-refractivity contribution in [1.29, 1.82) is 0 Å². The molecule has 2 atom stereocenters. The molecule has 0 aromatic heterocycles. The molecule has 0 saturated carbocycles. The summed E-state index contributed by atoms with van der Waals surface area (Å²) in [5.74, 6) is -0.304. The lowest BCUT2D eigenvalue weighted by molar-refractivity contribution is 0.423. The summed E-state index contributed by atoms with van der Waals surface area (Å²) in [5.41, 5.74) is 1.50. The van der Waals surface area contributed by atoms with Crippen LogP contribution in [0.25, 0.3) is 0 Å². The summed E-state index contributed by atoms with van der Waals surface area (Å²) < 4.78 is 30.8. The molecule has 0 radical (unpaired) electrons. The molecule has 0 bridgehead atoms. The number of nitrogens with one attached hydrogen (secondary N) is 2. The fourth-order valence-corrected chi connectivity index (χ4v) is 3.30. The van der Waals surface area contributed by atoms with Crippen LogP contribution in [0.4, 0.5) is 0 Å². The van der Waals surface area contributed by atoms with Gasteiger partial charge in [0.25, 0.3) is 10.1 Å². The van der Waals surface area contributed by atoms with Crippen LogP contribution in [0.15, 0.2) is 35.7 Å². The number of hydrogen-bond acceptors (Lipinski definition) is 4. The van der Waals surface area contributed by atoms with E-state index in [9.17, 15) is 13.0 Å². The summed E-state index contributed by atoms with van der Waals surface area (Å²) in [7, 11) is -0.669. The first kappa shape index (κ1) is 18.8. The van der Waals surface area contributed by atoms with E-state index >= 15 is 0 Å². The van der Waals surface area contributed by atoms with Crippen molar-refractivity contribution in [2.75, 3.05) is 14.1 Å². The Balaban J connectivity index is 0.000000335. The maximum atomic E-state index is 11.4. The summed E-state index contributed by atoms with van der Waals surface area (Å²) in [4.78, 5) is 0. The highest BCUT2D eigenvalue weighted by atomic mass is 32.2. The van der Waals surface area contributed by atoms with Crippen molar-refractivity contribution in [3.63, 3.8) is 0 Å². The summed E-state index contributed by atoms with van der Waals surface area (Å²) in [6.07, 6.45) is 13.3. The number of hydrogen-bond donors (Lipinski definition) is 3. The van der Waals surface area contributed by atoms with Crippen LogP contribution in [0.3, 0.4) is 0 Å². The molecule has 0 heterocycles. The third kappa shape index (κ3) is 4.36. The van der Waals surface area contributed by atoms with Gasteiger partial charge in [-0.05, 0) is 38.7 Å². The summed E-state index contributed by atoms with van der Waals surface area (Å²) >= 11 is 0. The predicted octanol–water partition coefficient (Wildman–Crippen LogP) is 2.61. The Morgan fingerprint density at radius 2 is 1.64 bits per heavy atom. The number of allylic oxidation sites excluding steroid dienone is 3. The third-order valence-electron chi connectivity index (χ3n) is 4.29. The van der Waals surface area contributed by atoms with Crippen molar-refractivity contribution < 1.29 is 13.0 Å². The first-order chi connectivity index (χ1) is 10.3. The molecule has 3 N–H and O–H groups in total. The van der Waals surface area contributed by atoms with Gasteiger partial charge in [0.15, 0.2) is 0 Å². The van der Waals surface area contributed by atoms with E-state index in [1.807, 2.05) is 0 Å². The number of likely N-dealkylation sites (N-methyl/N-ethyl adjacent to an activating group) is 2. The molecule has 0 spiro atoms. The zero-order valence-corrected chi connectivity index (χ0v) is 14.7. The predicted molar refractivity (Wildman–Crippen MR) is 91.0 cm³/mol. The molecular weight excluding hydrogens is 300 g/mol. The van der Waals surface area contributed by atoms with E-state index in [0.29, 0.717) is 5.70 Å². The van der Waals surface area contributed by atoms with Crippen molar-refractivity contribution >= 4 is 10.1 Å². The Kier molecular flexibility index (Phi) is 6.68. The van der Waals surface area contributed by atoms with Gasteiger partial charge < -0.3 is 10.6 Å². The summed E-state index contributed by atoms with van der Waals surface area (Å²) in [6, 6.07) is 0.